The number of alkyl halides is 3. The Hall–Kier alpha value is -2.31. The lowest BCUT2D eigenvalue weighted by atomic mass is 10.1. The van der Waals surface area contributed by atoms with Crippen molar-refractivity contribution in [1.82, 2.24) is 15.1 Å². The van der Waals surface area contributed by atoms with E-state index in [2.05, 4.69) is 10.4 Å². The van der Waals surface area contributed by atoms with E-state index < -0.39 is 11.7 Å². The lowest BCUT2D eigenvalue weighted by Crippen LogP contribution is -2.22. The SMILES string of the molecule is CCn1cc(C(=O)NCc2cccc(C(F)(F)F)c2)cn1. The molecule has 0 unspecified atom stereocenters. The number of carbonyl (C=O) groups is 1. The monoisotopic (exact) mass is 297 g/mol. The van der Waals surface area contributed by atoms with Gasteiger partial charge in [-0.05, 0) is 24.6 Å². The van der Waals surface area contributed by atoms with Crippen molar-refractivity contribution < 1.29 is 18.0 Å². The summed E-state index contributed by atoms with van der Waals surface area (Å²) in [6.07, 6.45) is -1.38. The van der Waals surface area contributed by atoms with E-state index in [-0.39, 0.29) is 12.5 Å². The quantitative estimate of drug-likeness (QED) is 0.943. The molecule has 1 aromatic heterocycles. The van der Waals surface area contributed by atoms with Gasteiger partial charge in [-0.25, -0.2) is 0 Å². The van der Waals surface area contributed by atoms with Crippen LogP contribution in [0.1, 0.15) is 28.4 Å². The van der Waals surface area contributed by atoms with Gasteiger partial charge >= 0.3 is 6.18 Å². The van der Waals surface area contributed by atoms with Crippen molar-refractivity contribution in [3.05, 3.63) is 53.3 Å². The summed E-state index contributed by atoms with van der Waals surface area (Å²) in [4.78, 5) is 11.8. The van der Waals surface area contributed by atoms with E-state index in [1.54, 1.807) is 10.9 Å². The summed E-state index contributed by atoms with van der Waals surface area (Å²) in [6, 6.07) is 4.87. The minimum absolute atomic E-state index is 0.0278. The number of halogens is 3. The Morgan fingerprint density at radius 2 is 2.14 bits per heavy atom. The Labute approximate surface area is 119 Å². The van der Waals surface area contributed by atoms with E-state index >= 15 is 0 Å². The standard InChI is InChI=1S/C14H14F3N3O/c1-2-20-9-11(8-19-20)13(21)18-7-10-4-3-5-12(6-10)14(15,16)17/h3-6,8-9H,2,7H2,1H3,(H,18,21). The van der Waals surface area contributed by atoms with E-state index in [9.17, 15) is 18.0 Å². The molecule has 1 heterocycles. The fourth-order valence-corrected chi connectivity index (χ4v) is 1.80. The van der Waals surface area contributed by atoms with Crippen LogP contribution in [0.25, 0.3) is 0 Å². The topological polar surface area (TPSA) is 46.9 Å². The molecular weight excluding hydrogens is 283 g/mol. The maximum absolute atomic E-state index is 12.6. The van der Waals surface area contributed by atoms with Crippen molar-refractivity contribution in [2.24, 2.45) is 0 Å². The van der Waals surface area contributed by atoms with Gasteiger partial charge in [-0.1, -0.05) is 12.1 Å². The molecule has 112 valence electrons. The Morgan fingerprint density at radius 3 is 2.76 bits per heavy atom. The van der Waals surface area contributed by atoms with Crippen LogP contribution in [0.4, 0.5) is 13.2 Å². The van der Waals surface area contributed by atoms with Crippen LogP contribution < -0.4 is 5.32 Å². The van der Waals surface area contributed by atoms with Crippen molar-refractivity contribution in [3.8, 4) is 0 Å². The molecule has 7 heteroatoms. The van der Waals surface area contributed by atoms with Crippen molar-refractivity contribution in [2.75, 3.05) is 0 Å². The van der Waals surface area contributed by atoms with Crippen molar-refractivity contribution in [2.45, 2.75) is 26.2 Å². The first-order valence-electron chi connectivity index (χ1n) is 6.37. The van der Waals surface area contributed by atoms with Crippen LogP contribution in [0.2, 0.25) is 0 Å². The van der Waals surface area contributed by atoms with E-state index in [1.165, 1.54) is 18.3 Å². The van der Waals surface area contributed by atoms with Gasteiger partial charge in [0.15, 0.2) is 0 Å². The van der Waals surface area contributed by atoms with Crippen LogP contribution in [0.3, 0.4) is 0 Å². The Bertz CT molecular complexity index is 634. The second-order valence-corrected chi connectivity index (χ2v) is 4.47. The van der Waals surface area contributed by atoms with E-state index in [1.807, 2.05) is 6.92 Å². The van der Waals surface area contributed by atoms with Gasteiger partial charge in [0.1, 0.15) is 0 Å². The third-order valence-corrected chi connectivity index (χ3v) is 2.93. The van der Waals surface area contributed by atoms with Crippen molar-refractivity contribution in [3.63, 3.8) is 0 Å². The Balaban J connectivity index is 2.01. The lowest BCUT2D eigenvalue weighted by Gasteiger charge is -2.09. The zero-order chi connectivity index (χ0) is 15.5. The zero-order valence-electron chi connectivity index (χ0n) is 11.3. The second-order valence-electron chi connectivity index (χ2n) is 4.47. The predicted octanol–water partition coefficient (Wildman–Crippen LogP) is 2.85. The first-order valence-corrected chi connectivity index (χ1v) is 6.37. The number of aromatic nitrogens is 2. The molecule has 4 nitrogen and oxygen atoms in total. The smallest absolute Gasteiger partial charge is 0.348 e. The van der Waals surface area contributed by atoms with E-state index in [0.717, 1.165) is 12.1 Å². The molecule has 0 aliphatic rings. The first kappa shape index (κ1) is 15.1. The number of nitrogens with zero attached hydrogens (tertiary/aromatic N) is 2. The van der Waals surface area contributed by atoms with Gasteiger partial charge in [-0.2, -0.15) is 18.3 Å². The molecule has 0 aliphatic carbocycles. The predicted molar refractivity (Wildman–Crippen MR) is 70.5 cm³/mol. The van der Waals surface area contributed by atoms with Crippen molar-refractivity contribution in [1.29, 1.82) is 0 Å². The van der Waals surface area contributed by atoms with Gasteiger partial charge in [0.2, 0.25) is 0 Å². The van der Waals surface area contributed by atoms with Crippen LogP contribution in [0.5, 0.6) is 0 Å². The normalized spacial score (nSPS) is 11.4. The van der Waals surface area contributed by atoms with Gasteiger partial charge in [-0.15, -0.1) is 0 Å². The first-order chi connectivity index (χ1) is 9.90. The molecule has 0 bridgehead atoms. The number of aryl methyl sites for hydroxylation is 1. The van der Waals surface area contributed by atoms with Gasteiger partial charge in [0.05, 0.1) is 17.3 Å². The number of rotatable bonds is 4. The minimum Gasteiger partial charge on any atom is -0.348 e. The highest BCUT2D eigenvalue weighted by Gasteiger charge is 2.30. The Morgan fingerprint density at radius 1 is 1.38 bits per heavy atom. The number of carbonyl (C=O) groups excluding carboxylic acids is 1. The van der Waals surface area contributed by atoms with Gasteiger partial charge in [-0.3, -0.25) is 9.48 Å². The molecule has 1 aromatic carbocycles. The van der Waals surface area contributed by atoms with Crippen LogP contribution in [-0.4, -0.2) is 15.7 Å². The zero-order valence-corrected chi connectivity index (χ0v) is 11.3. The van der Waals surface area contributed by atoms with Crippen molar-refractivity contribution >= 4 is 5.91 Å². The fraction of sp³-hybridized carbons (Fsp3) is 0.286. The molecule has 0 radical (unpaired) electrons. The molecule has 2 aromatic rings. The average Bonchev–Trinajstić information content (AvgIpc) is 2.93. The molecule has 21 heavy (non-hydrogen) atoms. The summed E-state index contributed by atoms with van der Waals surface area (Å²) >= 11 is 0. The average molecular weight is 297 g/mol. The third kappa shape index (κ3) is 3.84. The number of benzene rings is 1. The third-order valence-electron chi connectivity index (χ3n) is 2.93. The Kier molecular flexibility index (Phi) is 4.30. The second kappa shape index (κ2) is 5.99. The van der Waals surface area contributed by atoms with Gasteiger partial charge in [0.25, 0.3) is 5.91 Å². The molecule has 0 atom stereocenters. The minimum atomic E-state index is -4.39. The van der Waals surface area contributed by atoms with Gasteiger partial charge < -0.3 is 5.32 Å². The molecule has 0 spiro atoms. The van der Waals surface area contributed by atoms with Gasteiger partial charge in [0, 0.05) is 19.3 Å². The molecular formula is C14H14F3N3O. The van der Waals surface area contributed by atoms with E-state index in [4.69, 9.17) is 0 Å². The van der Waals surface area contributed by atoms with Crippen LogP contribution >= 0.6 is 0 Å². The summed E-state index contributed by atoms with van der Waals surface area (Å²) in [5, 5.41) is 6.54. The summed E-state index contributed by atoms with van der Waals surface area (Å²) in [5.74, 6) is -0.368. The number of hydrogen-bond acceptors (Lipinski definition) is 2. The largest absolute Gasteiger partial charge is 0.416 e. The molecule has 0 saturated carbocycles. The highest BCUT2D eigenvalue weighted by molar-refractivity contribution is 5.93. The maximum Gasteiger partial charge on any atom is 0.416 e. The molecule has 0 aliphatic heterocycles. The summed E-state index contributed by atoms with van der Waals surface area (Å²) in [7, 11) is 0. The molecule has 1 N–H and O–H groups in total. The molecule has 0 fully saturated rings. The molecule has 0 saturated heterocycles. The van der Waals surface area contributed by atoms with E-state index in [0.29, 0.717) is 17.7 Å². The maximum atomic E-state index is 12.6. The molecule has 2 rings (SSSR count). The lowest BCUT2D eigenvalue weighted by molar-refractivity contribution is -0.137. The number of nitrogens with one attached hydrogen (secondary N) is 1. The summed E-state index contributed by atoms with van der Waals surface area (Å²) in [6.45, 7) is 2.55. The number of amides is 1. The van der Waals surface area contributed by atoms with Crippen LogP contribution in [0, 0.1) is 0 Å². The molecule has 1 amide bonds. The summed E-state index contributed by atoms with van der Waals surface area (Å²) in [5.41, 5.74) is 0.0398. The highest BCUT2D eigenvalue weighted by Crippen LogP contribution is 2.29. The number of hydrogen-bond donors (Lipinski definition) is 1. The summed E-state index contributed by atoms with van der Waals surface area (Å²) < 4.78 is 39.3. The highest BCUT2D eigenvalue weighted by atomic mass is 19.4. The fourth-order valence-electron chi connectivity index (χ4n) is 1.80. The van der Waals surface area contributed by atoms with Crippen LogP contribution in [0.15, 0.2) is 36.7 Å². The van der Waals surface area contributed by atoms with Crippen LogP contribution in [-0.2, 0) is 19.3 Å².